The molecule has 1 saturated heterocycles. The Kier molecular flexibility index (Phi) is 4.50. The zero-order valence-electron chi connectivity index (χ0n) is 14.2. The van der Waals surface area contributed by atoms with Crippen LogP contribution in [0.2, 0.25) is 0 Å². The number of fused-ring (bicyclic) bond motifs is 1. The molecule has 2 aromatic carbocycles. The van der Waals surface area contributed by atoms with E-state index in [9.17, 15) is 9.59 Å². The number of carbonyl (C=O) groups excluding carboxylic acids is 1. The zero-order valence-corrected chi connectivity index (χ0v) is 14.2. The fraction of sp³-hybridized carbons (Fsp3) is 0.250. The molecule has 0 aliphatic carbocycles. The fourth-order valence-electron chi connectivity index (χ4n) is 3.26. The van der Waals surface area contributed by atoms with Crippen LogP contribution in [0.5, 0.6) is 0 Å². The maximum Gasteiger partial charge on any atom is 0.244 e. The summed E-state index contributed by atoms with van der Waals surface area (Å²) in [6.45, 7) is 1.67. The lowest BCUT2D eigenvalue weighted by molar-refractivity contribution is -0.139. The molecule has 0 saturated carbocycles. The second-order valence-corrected chi connectivity index (χ2v) is 6.29. The maximum absolute atomic E-state index is 12.8. The third-order valence-corrected chi connectivity index (χ3v) is 4.64. The quantitative estimate of drug-likeness (QED) is 0.725. The van der Waals surface area contributed by atoms with Gasteiger partial charge in [-0.25, -0.2) is 0 Å². The minimum Gasteiger partial charge on any atom is -0.370 e. The lowest BCUT2D eigenvalue weighted by Crippen LogP contribution is -2.44. The van der Waals surface area contributed by atoms with Crippen LogP contribution in [0.3, 0.4) is 0 Å². The first-order valence-corrected chi connectivity index (χ1v) is 8.61. The monoisotopic (exact) mass is 349 g/mol. The van der Waals surface area contributed by atoms with E-state index in [0.717, 1.165) is 5.56 Å². The smallest absolute Gasteiger partial charge is 0.244 e. The SMILES string of the molecule is O=C(Cn1ncc(=O)c2ccccc21)N1CCOC(c2ccccc2)C1. The summed E-state index contributed by atoms with van der Waals surface area (Å²) >= 11 is 0. The van der Waals surface area contributed by atoms with Gasteiger partial charge in [0.05, 0.1) is 24.9 Å². The molecule has 1 aliphatic rings. The Morgan fingerprint density at radius 2 is 1.88 bits per heavy atom. The second-order valence-electron chi connectivity index (χ2n) is 6.29. The predicted octanol–water partition coefficient (Wildman–Crippen LogP) is 2.00. The van der Waals surface area contributed by atoms with E-state index < -0.39 is 0 Å². The van der Waals surface area contributed by atoms with Crippen molar-refractivity contribution in [2.45, 2.75) is 12.6 Å². The van der Waals surface area contributed by atoms with Gasteiger partial charge in [-0.05, 0) is 17.7 Å². The maximum atomic E-state index is 12.8. The van der Waals surface area contributed by atoms with Crippen molar-refractivity contribution in [2.75, 3.05) is 19.7 Å². The van der Waals surface area contributed by atoms with Gasteiger partial charge in [-0.1, -0.05) is 42.5 Å². The molecular weight excluding hydrogens is 330 g/mol. The highest BCUT2D eigenvalue weighted by molar-refractivity contribution is 5.81. The summed E-state index contributed by atoms with van der Waals surface area (Å²) in [6, 6.07) is 17.1. The summed E-state index contributed by atoms with van der Waals surface area (Å²) in [7, 11) is 0. The van der Waals surface area contributed by atoms with Crippen molar-refractivity contribution in [3.05, 3.63) is 76.6 Å². The molecule has 2 heterocycles. The highest BCUT2D eigenvalue weighted by atomic mass is 16.5. The topological polar surface area (TPSA) is 64.4 Å². The summed E-state index contributed by atoms with van der Waals surface area (Å²) in [5.41, 5.74) is 1.60. The molecule has 26 heavy (non-hydrogen) atoms. The summed E-state index contributed by atoms with van der Waals surface area (Å²) < 4.78 is 7.41. The number of amides is 1. The molecule has 0 spiro atoms. The first-order chi connectivity index (χ1) is 12.7. The molecule has 1 aromatic heterocycles. The van der Waals surface area contributed by atoms with E-state index in [4.69, 9.17) is 4.74 Å². The molecule has 132 valence electrons. The Hall–Kier alpha value is -2.99. The Morgan fingerprint density at radius 3 is 2.73 bits per heavy atom. The molecule has 1 amide bonds. The predicted molar refractivity (Wildman–Crippen MR) is 97.7 cm³/mol. The van der Waals surface area contributed by atoms with Gasteiger partial charge in [0.25, 0.3) is 0 Å². The van der Waals surface area contributed by atoms with Crippen LogP contribution in [-0.2, 0) is 16.1 Å². The van der Waals surface area contributed by atoms with E-state index in [0.29, 0.717) is 30.6 Å². The molecule has 6 nitrogen and oxygen atoms in total. The first-order valence-electron chi connectivity index (χ1n) is 8.61. The number of nitrogens with zero attached hydrogens (tertiary/aromatic N) is 3. The Labute approximate surface area is 150 Å². The number of aromatic nitrogens is 2. The van der Waals surface area contributed by atoms with Gasteiger partial charge in [0, 0.05) is 11.9 Å². The Bertz CT molecular complexity index is 984. The van der Waals surface area contributed by atoms with Crippen LogP contribution < -0.4 is 5.43 Å². The fourth-order valence-corrected chi connectivity index (χ4v) is 3.26. The normalized spacial score (nSPS) is 17.4. The van der Waals surface area contributed by atoms with Crippen molar-refractivity contribution in [1.82, 2.24) is 14.7 Å². The van der Waals surface area contributed by atoms with Crippen molar-refractivity contribution in [2.24, 2.45) is 0 Å². The van der Waals surface area contributed by atoms with Gasteiger partial charge in [0.1, 0.15) is 12.6 Å². The molecule has 0 bridgehead atoms. The number of carbonyl (C=O) groups is 1. The number of morpholine rings is 1. The van der Waals surface area contributed by atoms with Gasteiger partial charge in [-0.2, -0.15) is 5.10 Å². The van der Waals surface area contributed by atoms with Gasteiger partial charge in [-0.15, -0.1) is 0 Å². The molecule has 0 N–H and O–H groups in total. The molecule has 1 fully saturated rings. The highest BCUT2D eigenvalue weighted by Crippen LogP contribution is 2.22. The second kappa shape index (κ2) is 7.09. The lowest BCUT2D eigenvalue weighted by Gasteiger charge is -2.33. The summed E-state index contributed by atoms with van der Waals surface area (Å²) in [4.78, 5) is 26.5. The number of rotatable bonds is 3. The van der Waals surface area contributed by atoms with Crippen molar-refractivity contribution >= 4 is 16.8 Å². The van der Waals surface area contributed by atoms with Crippen LogP contribution >= 0.6 is 0 Å². The molecule has 1 unspecified atom stereocenters. The largest absolute Gasteiger partial charge is 0.370 e. The van der Waals surface area contributed by atoms with Crippen molar-refractivity contribution < 1.29 is 9.53 Å². The van der Waals surface area contributed by atoms with E-state index >= 15 is 0 Å². The van der Waals surface area contributed by atoms with E-state index in [1.807, 2.05) is 48.5 Å². The Balaban J connectivity index is 1.53. The summed E-state index contributed by atoms with van der Waals surface area (Å²) in [5, 5.41) is 4.71. The van der Waals surface area contributed by atoms with Gasteiger partial charge < -0.3 is 9.64 Å². The van der Waals surface area contributed by atoms with Crippen molar-refractivity contribution in [3.8, 4) is 0 Å². The number of para-hydroxylation sites is 1. The van der Waals surface area contributed by atoms with Crippen LogP contribution in [0.15, 0.2) is 65.6 Å². The average Bonchev–Trinajstić information content (AvgIpc) is 2.71. The van der Waals surface area contributed by atoms with E-state index in [1.165, 1.54) is 6.20 Å². The van der Waals surface area contributed by atoms with Crippen LogP contribution in [0.1, 0.15) is 11.7 Å². The molecule has 4 rings (SSSR count). The average molecular weight is 349 g/mol. The minimum absolute atomic E-state index is 0.0319. The minimum atomic E-state index is -0.139. The molecule has 3 aromatic rings. The van der Waals surface area contributed by atoms with E-state index in [-0.39, 0.29) is 24.0 Å². The van der Waals surface area contributed by atoms with Gasteiger partial charge in [0.2, 0.25) is 11.3 Å². The van der Waals surface area contributed by atoms with Crippen LogP contribution in [0.4, 0.5) is 0 Å². The molecular formula is C20H19N3O3. The van der Waals surface area contributed by atoms with E-state index in [2.05, 4.69) is 5.10 Å². The first kappa shape index (κ1) is 16.5. The number of benzene rings is 2. The molecule has 0 radical (unpaired) electrons. The highest BCUT2D eigenvalue weighted by Gasteiger charge is 2.25. The van der Waals surface area contributed by atoms with Crippen molar-refractivity contribution in [1.29, 1.82) is 0 Å². The number of ether oxygens (including phenoxy) is 1. The Morgan fingerprint density at radius 1 is 1.12 bits per heavy atom. The third kappa shape index (κ3) is 3.23. The van der Waals surface area contributed by atoms with Gasteiger partial charge in [-0.3, -0.25) is 14.3 Å². The van der Waals surface area contributed by atoms with Gasteiger partial charge in [0.15, 0.2) is 0 Å². The van der Waals surface area contributed by atoms with Crippen molar-refractivity contribution in [3.63, 3.8) is 0 Å². The molecule has 6 heteroatoms. The standard InChI is InChI=1S/C20H19N3O3/c24-18-12-21-23(17-9-5-4-8-16(17)18)14-20(25)22-10-11-26-19(13-22)15-6-2-1-3-7-15/h1-9,12,19H,10-11,13-14H2. The van der Waals surface area contributed by atoms with Gasteiger partial charge >= 0.3 is 0 Å². The summed E-state index contributed by atoms with van der Waals surface area (Å²) in [5.74, 6) is -0.0319. The third-order valence-electron chi connectivity index (χ3n) is 4.64. The van der Waals surface area contributed by atoms with Crippen LogP contribution in [0.25, 0.3) is 10.9 Å². The zero-order chi connectivity index (χ0) is 17.9. The molecule has 1 aliphatic heterocycles. The number of hydrogen-bond donors (Lipinski definition) is 0. The molecule has 1 atom stereocenters. The lowest BCUT2D eigenvalue weighted by atomic mass is 10.1. The van der Waals surface area contributed by atoms with Crippen LogP contribution in [0, 0.1) is 0 Å². The summed E-state index contributed by atoms with van der Waals surface area (Å²) in [6.07, 6.45) is 1.15. The van der Waals surface area contributed by atoms with Crippen LogP contribution in [-0.4, -0.2) is 40.3 Å². The van der Waals surface area contributed by atoms with E-state index in [1.54, 1.807) is 15.6 Å². The number of hydrogen-bond acceptors (Lipinski definition) is 4.